The SMILES string of the molecule is CCC(CC)c1ccc(N(Cc2cccc(-c3ccc(COc4ccc(C)cc4C(=O)O)cc3)c2)C(C)C)cc1. The van der Waals surface area contributed by atoms with Gasteiger partial charge in [0.2, 0.25) is 0 Å². The number of ether oxygens (including phenoxy) is 1. The standard InChI is InChI=1S/C36H41NO3/c1-6-29(7-2)30-16-18-33(19-17-30)37(25(3)4)23-28-9-8-10-32(22-28)31-14-12-27(13-15-31)24-40-35-20-11-26(5)21-34(35)36(38)39/h8-22,25,29H,6-7,23-24H2,1-5H3,(H,38,39). The zero-order valence-electron chi connectivity index (χ0n) is 24.4. The third kappa shape index (κ3) is 7.12. The number of hydrogen-bond acceptors (Lipinski definition) is 3. The minimum absolute atomic E-state index is 0.186. The van der Waals surface area contributed by atoms with Crippen molar-refractivity contribution in [1.29, 1.82) is 0 Å². The van der Waals surface area contributed by atoms with E-state index in [0.29, 0.717) is 24.3 Å². The second-order valence-electron chi connectivity index (χ2n) is 10.8. The number of nitrogens with zero attached hydrogens (tertiary/aromatic N) is 1. The molecule has 0 heterocycles. The molecule has 0 saturated carbocycles. The van der Waals surface area contributed by atoms with E-state index < -0.39 is 5.97 Å². The van der Waals surface area contributed by atoms with Crippen LogP contribution in [0.3, 0.4) is 0 Å². The van der Waals surface area contributed by atoms with E-state index in [1.54, 1.807) is 12.1 Å². The molecule has 4 rings (SSSR count). The van der Waals surface area contributed by atoms with Crippen LogP contribution in [0, 0.1) is 6.92 Å². The first kappa shape index (κ1) is 28.9. The molecule has 4 aromatic carbocycles. The lowest BCUT2D eigenvalue weighted by atomic mass is 9.94. The largest absolute Gasteiger partial charge is 0.488 e. The molecule has 0 radical (unpaired) electrons. The summed E-state index contributed by atoms with van der Waals surface area (Å²) >= 11 is 0. The van der Waals surface area contributed by atoms with E-state index in [1.165, 1.54) is 35.2 Å². The van der Waals surface area contributed by atoms with E-state index in [2.05, 4.69) is 93.3 Å². The number of aromatic carboxylic acids is 1. The van der Waals surface area contributed by atoms with Gasteiger partial charge in [0.05, 0.1) is 0 Å². The first-order chi connectivity index (χ1) is 19.3. The monoisotopic (exact) mass is 535 g/mol. The topological polar surface area (TPSA) is 49.8 Å². The number of benzene rings is 4. The predicted molar refractivity (Wildman–Crippen MR) is 165 cm³/mol. The van der Waals surface area contributed by atoms with Crippen LogP contribution in [-0.4, -0.2) is 17.1 Å². The number of aryl methyl sites for hydroxylation is 1. The highest BCUT2D eigenvalue weighted by atomic mass is 16.5. The van der Waals surface area contributed by atoms with E-state index in [-0.39, 0.29) is 5.56 Å². The van der Waals surface area contributed by atoms with Crippen molar-refractivity contribution < 1.29 is 14.6 Å². The molecule has 0 spiro atoms. The maximum absolute atomic E-state index is 11.6. The quantitative estimate of drug-likeness (QED) is 0.196. The lowest BCUT2D eigenvalue weighted by Crippen LogP contribution is -2.30. The first-order valence-corrected chi connectivity index (χ1v) is 14.3. The van der Waals surface area contributed by atoms with Crippen molar-refractivity contribution in [2.75, 3.05) is 4.90 Å². The number of anilines is 1. The number of hydrogen-bond donors (Lipinski definition) is 1. The zero-order valence-corrected chi connectivity index (χ0v) is 24.4. The molecule has 0 aromatic heterocycles. The van der Waals surface area contributed by atoms with E-state index >= 15 is 0 Å². The normalized spacial score (nSPS) is 11.2. The number of carboxylic acid groups (broad SMARTS) is 1. The van der Waals surface area contributed by atoms with Crippen molar-refractivity contribution in [2.45, 2.75) is 72.6 Å². The van der Waals surface area contributed by atoms with Crippen LogP contribution in [-0.2, 0) is 13.2 Å². The molecule has 0 aliphatic rings. The fraction of sp³-hybridized carbons (Fsp3) is 0.306. The van der Waals surface area contributed by atoms with E-state index in [0.717, 1.165) is 23.2 Å². The Morgan fingerprint density at radius 2 is 1.52 bits per heavy atom. The molecule has 4 aromatic rings. The minimum atomic E-state index is -0.983. The van der Waals surface area contributed by atoms with Gasteiger partial charge in [0.25, 0.3) is 0 Å². The third-order valence-corrected chi connectivity index (χ3v) is 7.63. The van der Waals surface area contributed by atoms with E-state index in [9.17, 15) is 9.90 Å². The molecule has 208 valence electrons. The minimum Gasteiger partial charge on any atom is -0.488 e. The van der Waals surface area contributed by atoms with Gasteiger partial charge in [0.1, 0.15) is 17.9 Å². The van der Waals surface area contributed by atoms with Gasteiger partial charge < -0.3 is 14.7 Å². The fourth-order valence-corrected chi connectivity index (χ4v) is 5.21. The van der Waals surface area contributed by atoms with Crippen molar-refractivity contribution in [3.63, 3.8) is 0 Å². The lowest BCUT2D eigenvalue weighted by molar-refractivity contribution is 0.0691. The molecule has 0 amide bonds. The number of carboxylic acids is 1. The van der Waals surface area contributed by atoms with E-state index in [4.69, 9.17) is 4.74 Å². The Kier molecular flexibility index (Phi) is 9.65. The molecule has 4 nitrogen and oxygen atoms in total. The molecule has 0 bridgehead atoms. The Hall–Kier alpha value is -4.05. The Balaban J connectivity index is 1.46. The summed E-state index contributed by atoms with van der Waals surface area (Å²) in [6.07, 6.45) is 2.34. The Morgan fingerprint density at radius 3 is 2.15 bits per heavy atom. The molecular weight excluding hydrogens is 494 g/mol. The van der Waals surface area contributed by atoms with Gasteiger partial charge in [-0.15, -0.1) is 0 Å². The molecule has 0 unspecified atom stereocenters. The molecule has 40 heavy (non-hydrogen) atoms. The van der Waals surface area contributed by atoms with Crippen LogP contribution in [0.5, 0.6) is 5.75 Å². The van der Waals surface area contributed by atoms with Gasteiger partial charge >= 0.3 is 5.97 Å². The van der Waals surface area contributed by atoms with Crippen LogP contribution >= 0.6 is 0 Å². The van der Waals surface area contributed by atoms with Gasteiger partial charge in [0.15, 0.2) is 0 Å². The second kappa shape index (κ2) is 13.3. The third-order valence-electron chi connectivity index (χ3n) is 7.63. The van der Waals surface area contributed by atoms with Crippen LogP contribution in [0.4, 0.5) is 5.69 Å². The molecule has 0 fully saturated rings. The molecule has 0 aliphatic heterocycles. The molecule has 1 N–H and O–H groups in total. The van der Waals surface area contributed by atoms with Gasteiger partial charge in [-0.05, 0) is 97.7 Å². The Labute approximate surface area is 239 Å². The van der Waals surface area contributed by atoms with Crippen LogP contribution in [0.15, 0.2) is 91.0 Å². The van der Waals surface area contributed by atoms with E-state index in [1.807, 2.05) is 25.1 Å². The lowest BCUT2D eigenvalue weighted by Gasteiger charge is -2.30. The maximum Gasteiger partial charge on any atom is 0.339 e. The van der Waals surface area contributed by atoms with Crippen LogP contribution < -0.4 is 9.64 Å². The smallest absolute Gasteiger partial charge is 0.339 e. The van der Waals surface area contributed by atoms with Crippen molar-refractivity contribution in [3.8, 4) is 16.9 Å². The summed E-state index contributed by atoms with van der Waals surface area (Å²) in [5.74, 6) is 0.0272. The van der Waals surface area contributed by atoms with Crippen molar-refractivity contribution in [1.82, 2.24) is 0 Å². The number of rotatable bonds is 12. The van der Waals surface area contributed by atoms with Gasteiger partial charge in [0, 0.05) is 18.3 Å². The number of carbonyl (C=O) groups is 1. The molecule has 0 saturated heterocycles. The van der Waals surface area contributed by atoms with Crippen molar-refractivity contribution >= 4 is 11.7 Å². The van der Waals surface area contributed by atoms with Crippen LogP contribution in [0.25, 0.3) is 11.1 Å². The van der Waals surface area contributed by atoms with Gasteiger partial charge in [-0.3, -0.25) is 0 Å². The summed E-state index contributed by atoms with van der Waals surface area (Å²) in [6.45, 7) is 12.0. The first-order valence-electron chi connectivity index (χ1n) is 14.3. The highest BCUT2D eigenvalue weighted by Crippen LogP contribution is 2.28. The second-order valence-corrected chi connectivity index (χ2v) is 10.8. The summed E-state index contributed by atoms with van der Waals surface area (Å²) < 4.78 is 5.86. The zero-order chi connectivity index (χ0) is 28.6. The van der Waals surface area contributed by atoms with Gasteiger partial charge in [-0.2, -0.15) is 0 Å². The molecular formula is C36H41NO3. The highest BCUT2D eigenvalue weighted by Gasteiger charge is 2.14. The maximum atomic E-state index is 11.6. The summed E-state index contributed by atoms with van der Waals surface area (Å²) in [6, 6.07) is 31.7. The molecule has 4 heteroatoms. The Morgan fingerprint density at radius 1 is 0.825 bits per heavy atom. The van der Waals surface area contributed by atoms with Crippen molar-refractivity contribution in [3.05, 3.63) is 119 Å². The molecule has 0 aliphatic carbocycles. The van der Waals surface area contributed by atoms with Gasteiger partial charge in [-0.1, -0.05) is 80.1 Å². The Bertz CT molecular complexity index is 1400. The average Bonchev–Trinajstić information content (AvgIpc) is 2.96. The predicted octanol–water partition coefficient (Wildman–Crippen LogP) is 9.26. The average molecular weight is 536 g/mol. The summed E-state index contributed by atoms with van der Waals surface area (Å²) in [7, 11) is 0. The van der Waals surface area contributed by atoms with Crippen LogP contribution in [0.2, 0.25) is 0 Å². The highest BCUT2D eigenvalue weighted by molar-refractivity contribution is 5.91. The van der Waals surface area contributed by atoms with Crippen molar-refractivity contribution in [2.24, 2.45) is 0 Å². The van der Waals surface area contributed by atoms with Gasteiger partial charge in [-0.25, -0.2) is 4.79 Å². The van der Waals surface area contributed by atoms with Crippen LogP contribution in [0.1, 0.15) is 79.1 Å². The summed E-state index contributed by atoms with van der Waals surface area (Å²) in [5.41, 5.74) is 8.31. The summed E-state index contributed by atoms with van der Waals surface area (Å²) in [5, 5.41) is 9.49. The summed E-state index contributed by atoms with van der Waals surface area (Å²) in [4.78, 5) is 14.0. The fourth-order valence-electron chi connectivity index (χ4n) is 5.21. The molecule has 0 atom stereocenters.